The molecule has 0 aromatic carbocycles. The van der Waals surface area contributed by atoms with Crippen LogP contribution in [0.2, 0.25) is 0 Å². The minimum Gasteiger partial charge on any atom is -0.382 e. The number of rotatable bonds is 6. The number of anilines is 2. The van der Waals surface area contributed by atoms with Crippen LogP contribution in [0.4, 0.5) is 11.5 Å². The summed E-state index contributed by atoms with van der Waals surface area (Å²) < 4.78 is 5.59. The summed E-state index contributed by atoms with van der Waals surface area (Å²) in [7, 11) is 2.01. The summed E-state index contributed by atoms with van der Waals surface area (Å²) in [4.78, 5) is 6.14. The van der Waals surface area contributed by atoms with Gasteiger partial charge >= 0.3 is 0 Å². The Balaban J connectivity index is 1.73. The fourth-order valence-electron chi connectivity index (χ4n) is 1.59. The van der Waals surface area contributed by atoms with E-state index < -0.39 is 0 Å². The monoisotopic (exact) mass is 221 g/mol. The molecule has 0 amide bonds. The van der Waals surface area contributed by atoms with Crippen molar-refractivity contribution in [3.05, 3.63) is 18.3 Å². The largest absolute Gasteiger partial charge is 0.382 e. The minimum absolute atomic E-state index is 0.576. The molecule has 88 valence electrons. The summed E-state index contributed by atoms with van der Waals surface area (Å²) in [5, 5.41) is 0. The highest BCUT2D eigenvalue weighted by atomic mass is 16.5. The first-order chi connectivity index (χ1) is 7.77. The van der Waals surface area contributed by atoms with Crippen LogP contribution in [0.25, 0.3) is 0 Å². The van der Waals surface area contributed by atoms with Crippen LogP contribution in [-0.2, 0) is 4.74 Å². The molecule has 4 nitrogen and oxygen atoms in total. The third-order valence-electron chi connectivity index (χ3n) is 2.85. The summed E-state index contributed by atoms with van der Waals surface area (Å²) in [5.74, 6) is 1.40. The van der Waals surface area contributed by atoms with E-state index in [0.717, 1.165) is 31.4 Å². The highest BCUT2D eigenvalue weighted by Gasteiger charge is 2.20. The lowest BCUT2D eigenvalue weighted by molar-refractivity contribution is 0.131. The van der Waals surface area contributed by atoms with Crippen molar-refractivity contribution in [3.8, 4) is 0 Å². The molecule has 1 aromatic rings. The maximum absolute atomic E-state index is 5.79. The van der Waals surface area contributed by atoms with Crippen LogP contribution in [0.3, 0.4) is 0 Å². The lowest BCUT2D eigenvalue weighted by Crippen LogP contribution is -2.24. The zero-order valence-electron chi connectivity index (χ0n) is 9.72. The summed E-state index contributed by atoms with van der Waals surface area (Å²) >= 11 is 0. The van der Waals surface area contributed by atoms with Crippen molar-refractivity contribution in [2.24, 2.45) is 5.92 Å². The standard InChI is InChI=1S/C12H19N3O/c1-15(7-8-16-9-10-4-5-10)11-3-2-6-14-12(11)13/h2-3,6,10H,4-5,7-9H2,1H3,(H2,13,14). The van der Waals surface area contributed by atoms with Gasteiger partial charge in [-0.2, -0.15) is 0 Å². The van der Waals surface area contributed by atoms with Crippen molar-refractivity contribution in [1.82, 2.24) is 4.98 Å². The van der Waals surface area contributed by atoms with E-state index in [-0.39, 0.29) is 0 Å². The fourth-order valence-corrected chi connectivity index (χ4v) is 1.59. The number of ether oxygens (including phenoxy) is 1. The van der Waals surface area contributed by atoms with Gasteiger partial charge in [-0.15, -0.1) is 0 Å². The normalized spacial score (nSPS) is 15.1. The van der Waals surface area contributed by atoms with Gasteiger partial charge < -0.3 is 15.4 Å². The van der Waals surface area contributed by atoms with E-state index in [1.54, 1.807) is 6.20 Å². The molecule has 2 N–H and O–H groups in total. The van der Waals surface area contributed by atoms with Crippen LogP contribution in [0.1, 0.15) is 12.8 Å². The third kappa shape index (κ3) is 3.10. The Morgan fingerprint density at radius 1 is 1.56 bits per heavy atom. The second kappa shape index (κ2) is 5.16. The molecule has 1 saturated carbocycles. The van der Waals surface area contributed by atoms with E-state index in [1.165, 1.54) is 12.8 Å². The van der Waals surface area contributed by atoms with E-state index in [2.05, 4.69) is 9.88 Å². The summed E-state index contributed by atoms with van der Waals surface area (Å²) in [5.41, 5.74) is 6.76. The molecule has 4 heteroatoms. The van der Waals surface area contributed by atoms with Gasteiger partial charge in [-0.1, -0.05) is 0 Å². The molecule has 1 aliphatic carbocycles. The summed E-state index contributed by atoms with van der Waals surface area (Å²) in [6.45, 7) is 2.51. The lowest BCUT2D eigenvalue weighted by atomic mass is 10.3. The number of aromatic nitrogens is 1. The second-order valence-corrected chi connectivity index (χ2v) is 4.35. The lowest BCUT2D eigenvalue weighted by Gasteiger charge is -2.20. The number of nitrogens with two attached hydrogens (primary N) is 1. The molecule has 1 fully saturated rings. The van der Waals surface area contributed by atoms with Gasteiger partial charge in [0.25, 0.3) is 0 Å². The van der Waals surface area contributed by atoms with E-state index >= 15 is 0 Å². The Morgan fingerprint density at radius 2 is 2.38 bits per heavy atom. The average molecular weight is 221 g/mol. The Labute approximate surface area is 96.4 Å². The highest BCUT2D eigenvalue weighted by molar-refractivity contribution is 5.62. The van der Waals surface area contributed by atoms with Gasteiger partial charge in [0.2, 0.25) is 0 Å². The van der Waals surface area contributed by atoms with Gasteiger partial charge in [0.15, 0.2) is 0 Å². The molecule has 0 unspecified atom stereocenters. The van der Waals surface area contributed by atoms with E-state index in [4.69, 9.17) is 10.5 Å². The molecule has 16 heavy (non-hydrogen) atoms. The number of pyridine rings is 1. The Hall–Kier alpha value is -1.29. The molecule has 0 saturated heterocycles. The number of hydrogen-bond acceptors (Lipinski definition) is 4. The Kier molecular flexibility index (Phi) is 3.62. The van der Waals surface area contributed by atoms with Gasteiger partial charge in [0.05, 0.1) is 12.3 Å². The number of nitrogen functional groups attached to an aromatic ring is 1. The van der Waals surface area contributed by atoms with Crippen LogP contribution in [0.15, 0.2) is 18.3 Å². The van der Waals surface area contributed by atoms with Crippen LogP contribution in [-0.4, -0.2) is 31.8 Å². The Bertz CT molecular complexity index is 339. The number of likely N-dealkylation sites (N-methyl/N-ethyl adjacent to an activating group) is 1. The zero-order valence-corrected chi connectivity index (χ0v) is 9.72. The SMILES string of the molecule is CN(CCOCC1CC1)c1cccnc1N. The predicted octanol–water partition coefficient (Wildman–Crippen LogP) is 1.53. The highest BCUT2D eigenvalue weighted by Crippen LogP contribution is 2.28. The van der Waals surface area contributed by atoms with E-state index in [1.807, 2.05) is 19.2 Å². The second-order valence-electron chi connectivity index (χ2n) is 4.35. The first-order valence-electron chi connectivity index (χ1n) is 5.76. The maximum atomic E-state index is 5.79. The maximum Gasteiger partial charge on any atom is 0.146 e. The Morgan fingerprint density at radius 3 is 3.06 bits per heavy atom. The predicted molar refractivity (Wildman–Crippen MR) is 65.5 cm³/mol. The molecular formula is C12H19N3O. The first kappa shape index (κ1) is 11.2. The quantitative estimate of drug-likeness (QED) is 0.740. The third-order valence-corrected chi connectivity index (χ3v) is 2.85. The van der Waals surface area contributed by atoms with E-state index in [0.29, 0.717) is 5.82 Å². The van der Waals surface area contributed by atoms with Crippen molar-refractivity contribution in [3.63, 3.8) is 0 Å². The van der Waals surface area contributed by atoms with Gasteiger partial charge in [-0.3, -0.25) is 0 Å². The van der Waals surface area contributed by atoms with Crippen LogP contribution < -0.4 is 10.6 Å². The first-order valence-corrected chi connectivity index (χ1v) is 5.76. The van der Waals surface area contributed by atoms with Crippen molar-refractivity contribution < 1.29 is 4.74 Å². The van der Waals surface area contributed by atoms with Crippen LogP contribution in [0, 0.1) is 5.92 Å². The number of nitrogens with zero attached hydrogens (tertiary/aromatic N) is 2. The van der Waals surface area contributed by atoms with Gasteiger partial charge in [-0.25, -0.2) is 4.98 Å². The molecule has 0 aliphatic heterocycles. The summed E-state index contributed by atoms with van der Waals surface area (Å²) in [6.07, 6.45) is 4.38. The molecule has 2 rings (SSSR count). The van der Waals surface area contributed by atoms with Gasteiger partial charge in [0, 0.05) is 26.4 Å². The molecule has 0 spiro atoms. The van der Waals surface area contributed by atoms with E-state index in [9.17, 15) is 0 Å². The molecule has 1 aromatic heterocycles. The van der Waals surface area contributed by atoms with Gasteiger partial charge in [-0.05, 0) is 30.9 Å². The molecular weight excluding hydrogens is 202 g/mol. The molecule has 0 atom stereocenters. The van der Waals surface area contributed by atoms with Gasteiger partial charge in [0.1, 0.15) is 5.82 Å². The van der Waals surface area contributed by atoms with Crippen molar-refractivity contribution >= 4 is 11.5 Å². The summed E-state index contributed by atoms with van der Waals surface area (Å²) in [6, 6.07) is 3.87. The van der Waals surface area contributed by atoms with Crippen LogP contribution in [0.5, 0.6) is 0 Å². The van der Waals surface area contributed by atoms with Crippen LogP contribution >= 0.6 is 0 Å². The molecule has 0 bridgehead atoms. The number of hydrogen-bond donors (Lipinski definition) is 1. The topological polar surface area (TPSA) is 51.4 Å². The van der Waals surface area contributed by atoms with Crippen molar-refractivity contribution in [1.29, 1.82) is 0 Å². The fraction of sp³-hybridized carbons (Fsp3) is 0.583. The van der Waals surface area contributed by atoms with Crippen molar-refractivity contribution in [2.45, 2.75) is 12.8 Å². The molecule has 0 radical (unpaired) electrons. The van der Waals surface area contributed by atoms with Crippen molar-refractivity contribution in [2.75, 3.05) is 37.4 Å². The average Bonchev–Trinajstić information content (AvgIpc) is 3.08. The molecule has 1 heterocycles. The smallest absolute Gasteiger partial charge is 0.146 e. The minimum atomic E-state index is 0.576. The zero-order chi connectivity index (χ0) is 11.4. The molecule has 1 aliphatic rings.